The molecular formula is C14H21N3O. The Balaban J connectivity index is 2.07. The van der Waals surface area contributed by atoms with E-state index in [1.165, 1.54) is 12.8 Å². The van der Waals surface area contributed by atoms with Gasteiger partial charge in [-0.25, -0.2) is 0 Å². The van der Waals surface area contributed by atoms with Gasteiger partial charge in [0, 0.05) is 18.4 Å². The van der Waals surface area contributed by atoms with Gasteiger partial charge in [-0.05, 0) is 38.6 Å². The van der Waals surface area contributed by atoms with Crippen molar-refractivity contribution in [1.82, 2.24) is 15.2 Å². The van der Waals surface area contributed by atoms with Crippen LogP contribution in [0.4, 0.5) is 0 Å². The van der Waals surface area contributed by atoms with E-state index in [0.29, 0.717) is 6.04 Å². The smallest absolute Gasteiger partial charge is 0.242 e. The van der Waals surface area contributed by atoms with E-state index in [1.807, 2.05) is 31.1 Å². The van der Waals surface area contributed by atoms with Crippen molar-refractivity contribution in [3.05, 3.63) is 30.1 Å². The van der Waals surface area contributed by atoms with Crippen molar-refractivity contribution in [1.29, 1.82) is 0 Å². The second-order valence-corrected chi connectivity index (χ2v) is 5.14. The molecular weight excluding hydrogens is 226 g/mol. The van der Waals surface area contributed by atoms with Gasteiger partial charge in [0.1, 0.15) is 6.04 Å². The molecule has 4 nitrogen and oxygen atoms in total. The maximum absolute atomic E-state index is 12.4. The molecule has 1 unspecified atom stereocenters. The first-order valence-corrected chi connectivity index (χ1v) is 6.55. The van der Waals surface area contributed by atoms with E-state index in [2.05, 4.69) is 10.3 Å². The van der Waals surface area contributed by atoms with Crippen LogP contribution in [0.15, 0.2) is 24.5 Å². The van der Waals surface area contributed by atoms with E-state index in [1.54, 1.807) is 12.4 Å². The summed E-state index contributed by atoms with van der Waals surface area (Å²) in [4.78, 5) is 18.4. The molecule has 0 aromatic carbocycles. The number of pyridine rings is 1. The minimum atomic E-state index is -0.251. The van der Waals surface area contributed by atoms with Gasteiger partial charge in [0.2, 0.25) is 5.91 Å². The third-order valence-electron chi connectivity index (χ3n) is 3.47. The molecule has 1 N–H and O–H groups in total. The van der Waals surface area contributed by atoms with Crippen LogP contribution in [0, 0.1) is 0 Å². The zero-order chi connectivity index (χ0) is 13.0. The Hall–Kier alpha value is -1.42. The average Bonchev–Trinajstić information content (AvgIpc) is 2.83. The van der Waals surface area contributed by atoms with Crippen molar-refractivity contribution in [3.8, 4) is 0 Å². The highest BCUT2D eigenvalue weighted by Crippen LogP contribution is 2.21. The lowest BCUT2D eigenvalue weighted by Gasteiger charge is -2.25. The number of likely N-dealkylation sites (N-methyl/N-ethyl adjacent to an activating group) is 1. The summed E-state index contributed by atoms with van der Waals surface area (Å²) in [6.07, 6.45) is 8.16. The lowest BCUT2D eigenvalue weighted by Crippen LogP contribution is -2.41. The first-order valence-electron chi connectivity index (χ1n) is 6.55. The molecule has 4 heteroatoms. The topological polar surface area (TPSA) is 45.2 Å². The van der Waals surface area contributed by atoms with Crippen LogP contribution in [0.5, 0.6) is 0 Å². The van der Waals surface area contributed by atoms with Crippen LogP contribution in [0.3, 0.4) is 0 Å². The molecule has 1 aromatic rings. The van der Waals surface area contributed by atoms with Gasteiger partial charge in [-0.2, -0.15) is 0 Å². The molecule has 0 aliphatic heterocycles. The van der Waals surface area contributed by atoms with Crippen molar-refractivity contribution in [2.75, 3.05) is 14.1 Å². The highest BCUT2D eigenvalue weighted by molar-refractivity contribution is 5.83. The van der Waals surface area contributed by atoms with Crippen LogP contribution in [0.25, 0.3) is 0 Å². The zero-order valence-electron chi connectivity index (χ0n) is 11.1. The Morgan fingerprint density at radius 1 is 1.44 bits per heavy atom. The molecule has 1 atom stereocenters. The largest absolute Gasteiger partial charge is 0.352 e. The van der Waals surface area contributed by atoms with Crippen LogP contribution in [-0.4, -0.2) is 35.9 Å². The monoisotopic (exact) mass is 247 g/mol. The predicted molar refractivity (Wildman–Crippen MR) is 71.1 cm³/mol. The maximum atomic E-state index is 12.4. The van der Waals surface area contributed by atoms with Gasteiger partial charge in [-0.1, -0.05) is 18.9 Å². The van der Waals surface area contributed by atoms with Crippen LogP contribution in [0.1, 0.15) is 37.3 Å². The molecule has 98 valence electrons. The number of carbonyl (C=O) groups is 1. The fourth-order valence-electron chi connectivity index (χ4n) is 2.57. The Kier molecular flexibility index (Phi) is 4.31. The summed E-state index contributed by atoms with van der Waals surface area (Å²) in [5, 5.41) is 3.15. The zero-order valence-corrected chi connectivity index (χ0v) is 11.1. The number of hydrogen-bond donors (Lipinski definition) is 1. The predicted octanol–water partition coefficient (Wildman–Crippen LogP) is 1.74. The van der Waals surface area contributed by atoms with Gasteiger partial charge in [-0.3, -0.25) is 14.7 Å². The van der Waals surface area contributed by atoms with Crippen LogP contribution in [0.2, 0.25) is 0 Å². The van der Waals surface area contributed by atoms with Crippen molar-refractivity contribution in [2.45, 2.75) is 37.8 Å². The van der Waals surface area contributed by atoms with Crippen LogP contribution < -0.4 is 5.32 Å². The number of amides is 1. The first-order chi connectivity index (χ1) is 8.68. The van der Waals surface area contributed by atoms with Gasteiger partial charge in [0.25, 0.3) is 0 Å². The summed E-state index contributed by atoms with van der Waals surface area (Å²) in [5.74, 6) is 0.0832. The summed E-state index contributed by atoms with van der Waals surface area (Å²) in [6, 6.07) is 3.93. The molecule has 1 aromatic heterocycles. The molecule has 0 bridgehead atoms. The molecule has 2 rings (SSSR count). The summed E-state index contributed by atoms with van der Waals surface area (Å²) in [6.45, 7) is 0. The highest BCUT2D eigenvalue weighted by Gasteiger charge is 2.26. The van der Waals surface area contributed by atoms with Gasteiger partial charge < -0.3 is 5.32 Å². The van der Waals surface area contributed by atoms with E-state index in [9.17, 15) is 4.79 Å². The minimum absolute atomic E-state index is 0.0832. The van der Waals surface area contributed by atoms with Gasteiger partial charge in [-0.15, -0.1) is 0 Å². The van der Waals surface area contributed by atoms with E-state index in [4.69, 9.17) is 0 Å². The summed E-state index contributed by atoms with van der Waals surface area (Å²) in [7, 11) is 3.85. The summed E-state index contributed by atoms with van der Waals surface area (Å²) in [5.41, 5.74) is 0.943. The van der Waals surface area contributed by atoms with E-state index in [-0.39, 0.29) is 11.9 Å². The quantitative estimate of drug-likeness (QED) is 0.881. The van der Waals surface area contributed by atoms with Crippen LogP contribution in [-0.2, 0) is 4.79 Å². The summed E-state index contributed by atoms with van der Waals surface area (Å²) >= 11 is 0. The molecule has 1 saturated carbocycles. The van der Waals surface area contributed by atoms with Crippen molar-refractivity contribution >= 4 is 5.91 Å². The fraction of sp³-hybridized carbons (Fsp3) is 0.571. The third kappa shape index (κ3) is 3.07. The molecule has 1 amide bonds. The van der Waals surface area contributed by atoms with Gasteiger partial charge >= 0.3 is 0 Å². The first kappa shape index (κ1) is 13.0. The van der Waals surface area contributed by atoms with Gasteiger partial charge in [0.05, 0.1) is 0 Å². The van der Waals surface area contributed by atoms with Crippen molar-refractivity contribution in [2.24, 2.45) is 0 Å². The number of nitrogens with one attached hydrogen (secondary N) is 1. The fourth-order valence-corrected chi connectivity index (χ4v) is 2.57. The molecule has 1 heterocycles. The second-order valence-electron chi connectivity index (χ2n) is 5.14. The van der Waals surface area contributed by atoms with E-state index >= 15 is 0 Å². The van der Waals surface area contributed by atoms with Gasteiger partial charge in [0.15, 0.2) is 0 Å². The molecule has 1 fully saturated rings. The van der Waals surface area contributed by atoms with Crippen molar-refractivity contribution in [3.63, 3.8) is 0 Å². The van der Waals surface area contributed by atoms with E-state index < -0.39 is 0 Å². The normalized spacial score (nSPS) is 17.9. The number of nitrogens with zero attached hydrogens (tertiary/aromatic N) is 2. The molecule has 1 aliphatic rings. The van der Waals surface area contributed by atoms with Crippen molar-refractivity contribution < 1.29 is 4.79 Å². The molecule has 1 aliphatic carbocycles. The summed E-state index contributed by atoms with van der Waals surface area (Å²) < 4.78 is 0. The lowest BCUT2D eigenvalue weighted by molar-refractivity contribution is -0.126. The molecule has 18 heavy (non-hydrogen) atoms. The molecule has 0 saturated heterocycles. The minimum Gasteiger partial charge on any atom is -0.352 e. The Labute approximate surface area is 108 Å². The number of rotatable bonds is 4. The third-order valence-corrected chi connectivity index (χ3v) is 3.47. The highest BCUT2D eigenvalue weighted by atomic mass is 16.2. The molecule has 0 spiro atoms. The number of hydrogen-bond acceptors (Lipinski definition) is 3. The lowest BCUT2D eigenvalue weighted by atomic mass is 10.1. The Morgan fingerprint density at radius 2 is 2.17 bits per heavy atom. The number of aromatic nitrogens is 1. The number of carbonyl (C=O) groups excluding carboxylic acids is 1. The SMILES string of the molecule is CN(C)C(C(=O)NC1CCCC1)c1cccnc1. The average molecular weight is 247 g/mol. The standard InChI is InChI=1S/C14H21N3O/c1-17(2)13(11-6-5-9-15-10-11)14(18)16-12-7-3-4-8-12/h5-6,9-10,12-13H,3-4,7-8H2,1-2H3,(H,16,18). The Morgan fingerprint density at radius 3 is 2.72 bits per heavy atom. The Bertz CT molecular complexity index is 385. The van der Waals surface area contributed by atoms with Crippen LogP contribution >= 0.6 is 0 Å². The van der Waals surface area contributed by atoms with E-state index in [0.717, 1.165) is 18.4 Å². The molecule has 0 radical (unpaired) electrons. The second kappa shape index (κ2) is 5.96. The maximum Gasteiger partial charge on any atom is 0.242 e.